The van der Waals surface area contributed by atoms with Crippen molar-refractivity contribution in [2.75, 3.05) is 7.11 Å². The molecule has 3 aromatic carbocycles. The van der Waals surface area contributed by atoms with E-state index in [0.717, 1.165) is 33.6 Å². The van der Waals surface area contributed by atoms with E-state index in [-0.39, 0.29) is 0 Å². The zero-order valence-electron chi connectivity index (χ0n) is 20.2. The van der Waals surface area contributed by atoms with Gasteiger partial charge in [-0.05, 0) is 57.5 Å². The van der Waals surface area contributed by atoms with Crippen LogP contribution in [-0.4, -0.2) is 31.0 Å². The summed E-state index contributed by atoms with van der Waals surface area (Å²) >= 11 is 0. The smallest absolute Gasteiger partial charge is 0.469 e. The van der Waals surface area contributed by atoms with Crippen LogP contribution in [0.1, 0.15) is 38.8 Å². The van der Waals surface area contributed by atoms with Crippen LogP contribution in [0.4, 0.5) is 5.69 Å². The maximum atomic E-state index is 6.70. The molecule has 2 aliphatic rings. The van der Waals surface area contributed by atoms with Gasteiger partial charge in [-0.3, -0.25) is 0 Å². The summed E-state index contributed by atoms with van der Waals surface area (Å²) < 4.78 is 25.3. The number of rotatable bonds is 4. The predicted octanol–water partition coefficient (Wildman–Crippen LogP) is 6.45. The molecule has 34 heavy (non-hydrogen) atoms. The summed E-state index contributed by atoms with van der Waals surface area (Å²) in [5.41, 5.74) is 3.31. The zero-order chi connectivity index (χ0) is 24.0. The lowest BCUT2D eigenvalue weighted by atomic mass is 9.64. The van der Waals surface area contributed by atoms with E-state index in [1.54, 1.807) is 7.11 Å². The summed E-state index contributed by atoms with van der Waals surface area (Å²) in [5, 5.41) is 0. The number of aliphatic imine (C=N–C) groups is 1. The SMILES string of the molecule is COc1ccc(N=C2O[B-]3(OC(C)(C)C(C)(C)O3)C(c3ccccc3)=C2c2ccccc2)cc1. The third kappa shape index (κ3) is 3.73. The lowest BCUT2D eigenvalue weighted by molar-refractivity contribution is 0.00578. The monoisotopic (exact) mass is 454 g/mol. The van der Waals surface area contributed by atoms with Crippen LogP contribution in [0.15, 0.2) is 89.9 Å². The van der Waals surface area contributed by atoms with E-state index in [4.69, 9.17) is 23.7 Å². The van der Waals surface area contributed by atoms with E-state index in [2.05, 4.69) is 24.3 Å². The highest BCUT2D eigenvalue weighted by atomic mass is 16.8. The molecule has 0 aromatic heterocycles. The second-order valence-corrected chi connectivity index (χ2v) is 9.65. The van der Waals surface area contributed by atoms with Gasteiger partial charge < -0.3 is 18.7 Å². The molecule has 5 rings (SSSR count). The quantitative estimate of drug-likeness (QED) is 0.425. The fourth-order valence-corrected chi connectivity index (χ4v) is 4.51. The molecule has 6 heteroatoms. The molecule has 174 valence electrons. The average molecular weight is 454 g/mol. The summed E-state index contributed by atoms with van der Waals surface area (Å²) in [7, 11) is 1.65. The molecule has 2 aliphatic heterocycles. The summed E-state index contributed by atoms with van der Waals surface area (Å²) in [5.74, 6) is 1.25. The van der Waals surface area contributed by atoms with Crippen molar-refractivity contribution in [2.24, 2.45) is 4.99 Å². The minimum Gasteiger partial charge on any atom is -0.652 e. The molecule has 2 heterocycles. The van der Waals surface area contributed by atoms with Crippen LogP contribution < -0.4 is 4.74 Å². The lowest BCUT2D eigenvalue weighted by Gasteiger charge is -2.36. The first-order valence-electron chi connectivity index (χ1n) is 11.6. The van der Waals surface area contributed by atoms with Gasteiger partial charge in [0, 0.05) is 16.8 Å². The topological polar surface area (TPSA) is 49.3 Å². The van der Waals surface area contributed by atoms with E-state index in [1.165, 1.54) is 0 Å². The van der Waals surface area contributed by atoms with Gasteiger partial charge in [0.25, 0.3) is 0 Å². The fraction of sp³-hybridized carbons (Fsp3) is 0.250. The van der Waals surface area contributed by atoms with E-state index in [9.17, 15) is 0 Å². The molecular weight excluding hydrogens is 425 g/mol. The fourth-order valence-electron chi connectivity index (χ4n) is 4.51. The lowest BCUT2D eigenvalue weighted by Crippen LogP contribution is -2.42. The van der Waals surface area contributed by atoms with Gasteiger partial charge in [0.2, 0.25) is 0 Å². The maximum Gasteiger partial charge on any atom is 0.469 e. The molecule has 0 radical (unpaired) electrons. The van der Waals surface area contributed by atoms with Crippen LogP contribution in [-0.2, 0) is 14.0 Å². The largest absolute Gasteiger partial charge is 0.652 e. The van der Waals surface area contributed by atoms with Crippen molar-refractivity contribution in [1.29, 1.82) is 0 Å². The Kier molecular flexibility index (Phi) is 5.38. The van der Waals surface area contributed by atoms with Gasteiger partial charge in [0.1, 0.15) is 5.75 Å². The van der Waals surface area contributed by atoms with Crippen molar-refractivity contribution in [1.82, 2.24) is 0 Å². The highest BCUT2D eigenvalue weighted by Gasteiger charge is 2.59. The summed E-state index contributed by atoms with van der Waals surface area (Å²) in [6, 6.07) is 27.9. The second kappa shape index (κ2) is 8.15. The molecule has 0 aliphatic carbocycles. The third-order valence-corrected chi connectivity index (χ3v) is 6.90. The third-order valence-electron chi connectivity index (χ3n) is 6.90. The Morgan fingerprint density at radius 1 is 0.706 bits per heavy atom. The van der Waals surface area contributed by atoms with Gasteiger partial charge in [0.15, 0.2) is 5.90 Å². The van der Waals surface area contributed by atoms with Crippen LogP contribution in [0.25, 0.3) is 11.0 Å². The van der Waals surface area contributed by atoms with E-state index >= 15 is 0 Å². The second-order valence-electron chi connectivity index (χ2n) is 9.65. The summed E-state index contributed by atoms with van der Waals surface area (Å²) in [6.45, 7) is 5.85. The van der Waals surface area contributed by atoms with Gasteiger partial charge in [-0.15, -0.1) is 0 Å². The maximum absolute atomic E-state index is 6.70. The molecule has 1 spiro atoms. The molecule has 1 fully saturated rings. The van der Waals surface area contributed by atoms with Crippen LogP contribution in [0.2, 0.25) is 0 Å². The van der Waals surface area contributed by atoms with Crippen LogP contribution in [0.3, 0.4) is 0 Å². The molecule has 3 aromatic rings. The average Bonchev–Trinajstić information content (AvgIpc) is 3.21. The Hall–Kier alpha value is -3.35. The number of methoxy groups -OCH3 is 1. The van der Waals surface area contributed by atoms with Crippen molar-refractivity contribution in [2.45, 2.75) is 38.9 Å². The molecular formula is C28H29BNO4-. The van der Waals surface area contributed by atoms with E-state index in [1.807, 2.05) is 88.4 Å². The number of ether oxygens (including phenoxy) is 1. The molecule has 0 atom stereocenters. The molecule has 0 saturated carbocycles. The Labute approximate surface area is 201 Å². The van der Waals surface area contributed by atoms with Crippen molar-refractivity contribution in [3.63, 3.8) is 0 Å². The molecule has 0 N–H and O–H groups in total. The zero-order valence-corrected chi connectivity index (χ0v) is 20.2. The molecule has 5 nitrogen and oxygen atoms in total. The Morgan fingerprint density at radius 2 is 1.24 bits per heavy atom. The number of nitrogens with zero attached hydrogens (tertiary/aromatic N) is 1. The van der Waals surface area contributed by atoms with Crippen LogP contribution in [0.5, 0.6) is 5.75 Å². The molecule has 1 saturated heterocycles. The first-order valence-corrected chi connectivity index (χ1v) is 11.6. The van der Waals surface area contributed by atoms with Crippen molar-refractivity contribution in [3.05, 3.63) is 96.1 Å². The first kappa shape index (κ1) is 22.4. The minimum atomic E-state index is -2.30. The van der Waals surface area contributed by atoms with Crippen LogP contribution >= 0.6 is 0 Å². The van der Waals surface area contributed by atoms with E-state index in [0.29, 0.717) is 5.90 Å². The van der Waals surface area contributed by atoms with Crippen molar-refractivity contribution in [3.8, 4) is 5.75 Å². The first-order chi connectivity index (χ1) is 16.2. The van der Waals surface area contributed by atoms with Gasteiger partial charge in [-0.2, -0.15) is 0 Å². The van der Waals surface area contributed by atoms with Gasteiger partial charge in [0.05, 0.1) is 12.8 Å². The Bertz CT molecular complexity index is 1230. The standard InChI is InChI=1S/C28H29BNO4/c1-27(2)28(3,4)34-29(33-27)25(21-14-10-7-11-15-21)24(20-12-8-6-9-13-20)26(32-29)30-22-16-18-23(31-5)19-17-22/h6-19H,1-5H3/q-1. The van der Waals surface area contributed by atoms with Crippen molar-refractivity contribution < 1.29 is 18.7 Å². The normalized spacial score (nSPS) is 21.1. The Morgan fingerprint density at radius 3 is 1.76 bits per heavy atom. The van der Waals surface area contributed by atoms with E-state index < -0.39 is 18.0 Å². The van der Waals surface area contributed by atoms with Gasteiger partial charge in [-0.25, -0.2) is 4.99 Å². The Balaban J connectivity index is 1.77. The predicted molar refractivity (Wildman–Crippen MR) is 137 cm³/mol. The highest BCUT2D eigenvalue weighted by molar-refractivity contribution is 6.89. The highest BCUT2D eigenvalue weighted by Crippen LogP contribution is 2.53. The number of benzene rings is 3. The summed E-state index contributed by atoms with van der Waals surface area (Å²) in [6.07, 6.45) is 0. The molecule has 0 bridgehead atoms. The van der Waals surface area contributed by atoms with Crippen LogP contribution in [0, 0.1) is 0 Å². The number of hydrogen-bond donors (Lipinski definition) is 0. The number of hydrogen-bond acceptors (Lipinski definition) is 5. The van der Waals surface area contributed by atoms with Gasteiger partial charge in [-0.1, -0.05) is 71.7 Å². The minimum absolute atomic E-state index is 0.476. The van der Waals surface area contributed by atoms with Gasteiger partial charge >= 0.3 is 6.75 Å². The summed E-state index contributed by atoms with van der Waals surface area (Å²) in [4.78, 5) is 4.92. The molecule has 0 amide bonds. The molecule has 0 unspecified atom stereocenters. The van der Waals surface area contributed by atoms with Crippen molar-refractivity contribution >= 4 is 29.4 Å².